The van der Waals surface area contributed by atoms with Gasteiger partial charge in [0, 0.05) is 12.4 Å². The summed E-state index contributed by atoms with van der Waals surface area (Å²) in [6.45, 7) is 1.89. The molecule has 0 fully saturated rings. The predicted molar refractivity (Wildman–Crippen MR) is 82.3 cm³/mol. The van der Waals surface area contributed by atoms with Crippen molar-refractivity contribution in [2.45, 2.75) is 18.1 Å². The van der Waals surface area contributed by atoms with Gasteiger partial charge in [0.05, 0.1) is 11.8 Å². The maximum atomic E-state index is 12.0. The molecule has 3 aromatic rings. The highest BCUT2D eigenvalue weighted by Gasteiger charge is 2.15. The van der Waals surface area contributed by atoms with Gasteiger partial charge >= 0.3 is 0 Å². The molecule has 7 nitrogen and oxygen atoms in total. The summed E-state index contributed by atoms with van der Waals surface area (Å²) in [5.41, 5.74) is 0.818. The molecular formula is C14H15N5O2S. The lowest BCUT2D eigenvalue weighted by molar-refractivity contribution is -0.119. The van der Waals surface area contributed by atoms with Gasteiger partial charge in [-0.1, -0.05) is 30.0 Å². The van der Waals surface area contributed by atoms with Crippen LogP contribution in [0.15, 0.2) is 39.9 Å². The molecule has 1 atom stereocenters. The van der Waals surface area contributed by atoms with Crippen LogP contribution in [0.3, 0.4) is 0 Å². The third-order valence-electron chi connectivity index (χ3n) is 3.16. The van der Waals surface area contributed by atoms with Gasteiger partial charge in [-0.05, 0) is 29.5 Å². The second-order valence-corrected chi connectivity index (χ2v) is 5.79. The van der Waals surface area contributed by atoms with Gasteiger partial charge in [0.2, 0.25) is 11.1 Å². The fourth-order valence-electron chi connectivity index (χ4n) is 2.04. The highest BCUT2D eigenvalue weighted by Crippen LogP contribution is 2.23. The minimum absolute atomic E-state index is 0.0963. The number of hydrogen-bond donors (Lipinski definition) is 1. The number of para-hydroxylation sites is 1. The molecule has 114 valence electrons. The van der Waals surface area contributed by atoms with Gasteiger partial charge in [0.1, 0.15) is 11.3 Å². The summed E-state index contributed by atoms with van der Waals surface area (Å²) >= 11 is 1.29. The van der Waals surface area contributed by atoms with Crippen molar-refractivity contribution in [1.82, 2.24) is 25.5 Å². The minimum atomic E-state index is -0.196. The first-order valence-electron chi connectivity index (χ1n) is 6.76. The summed E-state index contributed by atoms with van der Waals surface area (Å²) in [5, 5.41) is 15.6. The van der Waals surface area contributed by atoms with E-state index in [-0.39, 0.29) is 17.7 Å². The van der Waals surface area contributed by atoms with E-state index in [1.54, 1.807) is 7.05 Å². The van der Waals surface area contributed by atoms with E-state index in [0.717, 1.165) is 16.7 Å². The lowest BCUT2D eigenvalue weighted by atomic mass is 10.2. The number of amides is 1. The molecule has 0 aliphatic rings. The summed E-state index contributed by atoms with van der Waals surface area (Å²) in [6, 6.07) is 9.51. The van der Waals surface area contributed by atoms with Crippen molar-refractivity contribution in [3.8, 4) is 0 Å². The number of furan rings is 1. The molecule has 8 heteroatoms. The van der Waals surface area contributed by atoms with E-state index >= 15 is 0 Å². The molecule has 2 heterocycles. The summed E-state index contributed by atoms with van der Waals surface area (Å²) in [6.07, 6.45) is 0. The average molecular weight is 317 g/mol. The topological polar surface area (TPSA) is 85.8 Å². The number of benzene rings is 1. The lowest BCUT2D eigenvalue weighted by Gasteiger charge is -2.10. The third-order valence-corrected chi connectivity index (χ3v) is 4.17. The molecule has 3 rings (SSSR count). The number of fused-ring (bicyclic) bond motifs is 1. The van der Waals surface area contributed by atoms with Crippen LogP contribution in [-0.4, -0.2) is 31.9 Å². The van der Waals surface area contributed by atoms with Crippen LogP contribution in [0.2, 0.25) is 0 Å². The summed E-state index contributed by atoms with van der Waals surface area (Å²) in [4.78, 5) is 12.0. The first kappa shape index (κ1) is 14.6. The van der Waals surface area contributed by atoms with Crippen molar-refractivity contribution in [1.29, 1.82) is 0 Å². The molecule has 1 unspecified atom stereocenters. The normalized spacial score (nSPS) is 12.5. The van der Waals surface area contributed by atoms with Gasteiger partial charge in [-0.15, -0.1) is 5.10 Å². The number of aryl methyl sites for hydroxylation is 1. The van der Waals surface area contributed by atoms with E-state index in [9.17, 15) is 4.79 Å². The Labute approximate surface area is 131 Å². The molecule has 2 aromatic heterocycles. The number of carbonyl (C=O) groups excluding carboxylic acids is 1. The van der Waals surface area contributed by atoms with E-state index in [0.29, 0.717) is 5.16 Å². The Morgan fingerprint density at radius 2 is 2.27 bits per heavy atom. The highest BCUT2D eigenvalue weighted by atomic mass is 32.2. The molecule has 0 saturated heterocycles. The van der Waals surface area contributed by atoms with Crippen molar-refractivity contribution < 1.29 is 9.21 Å². The molecule has 0 saturated carbocycles. The number of carbonyl (C=O) groups is 1. The van der Waals surface area contributed by atoms with Crippen LogP contribution < -0.4 is 5.32 Å². The van der Waals surface area contributed by atoms with E-state index in [4.69, 9.17) is 4.42 Å². The molecule has 0 aliphatic heterocycles. The molecule has 0 aliphatic carbocycles. The highest BCUT2D eigenvalue weighted by molar-refractivity contribution is 7.99. The fourth-order valence-corrected chi connectivity index (χ4v) is 2.70. The predicted octanol–water partition coefficient (Wildman–Crippen LogP) is 1.93. The van der Waals surface area contributed by atoms with Crippen molar-refractivity contribution >= 4 is 28.6 Å². The summed E-state index contributed by atoms with van der Waals surface area (Å²) < 4.78 is 7.27. The van der Waals surface area contributed by atoms with E-state index in [1.165, 1.54) is 16.4 Å². The van der Waals surface area contributed by atoms with Crippen LogP contribution >= 0.6 is 11.8 Å². The minimum Gasteiger partial charge on any atom is -0.459 e. The number of tetrazole rings is 1. The van der Waals surface area contributed by atoms with E-state index < -0.39 is 0 Å². The SMILES string of the molecule is CC(NC(=O)CSc1nnnn1C)c1cc2ccccc2o1. The monoisotopic (exact) mass is 317 g/mol. The zero-order valence-electron chi connectivity index (χ0n) is 12.2. The number of hydrogen-bond acceptors (Lipinski definition) is 6. The quantitative estimate of drug-likeness (QED) is 0.724. The Morgan fingerprint density at radius 1 is 1.45 bits per heavy atom. The van der Waals surface area contributed by atoms with Gasteiger partial charge in [-0.3, -0.25) is 4.79 Å². The third kappa shape index (κ3) is 3.11. The maximum Gasteiger partial charge on any atom is 0.231 e. The fraction of sp³-hybridized carbons (Fsp3) is 0.286. The smallest absolute Gasteiger partial charge is 0.231 e. The molecule has 0 spiro atoms. The number of thioether (sulfide) groups is 1. The number of nitrogens with zero attached hydrogens (tertiary/aromatic N) is 4. The largest absolute Gasteiger partial charge is 0.459 e. The second-order valence-electron chi connectivity index (χ2n) is 4.85. The number of rotatable bonds is 5. The van der Waals surface area contributed by atoms with Crippen molar-refractivity contribution in [2.75, 3.05) is 5.75 Å². The van der Waals surface area contributed by atoms with Crippen molar-refractivity contribution in [2.24, 2.45) is 7.05 Å². The molecule has 1 N–H and O–H groups in total. The Kier molecular flexibility index (Phi) is 4.10. The molecule has 1 amide bonds. The van der Waals surface area contributed by atoms with Gasteiger partial charge in [-0.25, -0.2) is 4.68 Å². The Morgan fingerprint density at radius 3 is 3.00 bits per heavy atom. The first-order chi connectivity index (χ1) is 10.6. The zero-order valence-corrected chi connectivity index (χ0v) is 13.0. The average Bonchev–Trinajstić information content (AvgIpc) is 3.11. The van der Waals surface area contributed by atoms with Crippen molar-refractivity contribution in [3.05, 3.63) is 36.1 Å². The van der Waals surface area contributed by atoms with Crippen molar-refractivity contribution in [3.63, 3.8) is 0 Å². The van der Waals surface area contributed by atoms with Crippen LogP contribution in [0, 0.1) is 0 Å². The van der Waals surface area contributed by atoms with Crippen LogP contribution in [0.5, 0.6) is 0 Å². The van der Waals surface area contributed by atoms with Gasteiger partial charge in [-0.2, -0.15) is 0 Å². The number of nitrogens with one attached hydrogen (secondary N) is 1. The molecule has 22 heavy (non-hydrogen) atoms. The molecular weight excluding hydrogens is 302 g/mol. The molecule has 1 aromatic carbocycles. The van der Waals surface area contributed by atoms with Crippen LogP contribution in [0.4, 0.5) is 0 Å². The molecule has 0 radical (unpaired) electrons. The first-order valence-corrected chi connectivity index (χ1v) is 7.75. The van der Waals surface area contributed by atoms with Crippen LogP contribution in [-0.2, 0) is 11.8 Å². The summed E-state index contributed by atoms with van der Waals surface area (Å²) in [5.74, 6) is 0.888. The lowest BCUT2D eigenvalue weighted by Crippen LogP contribution is -2.28. The zero-order chi connectivity index (χ0) is 15.5. The van der Waals surface area contributed by atoms with E-state index in [2.05, 4.69) is 20.8 Å². The molecule has 0 bridgehead atoms. The van der Waals surface area contributed by atoms with E-state index in [1.807, 2.05) is 37.3 Å². The Balaban J connectivity index is 1.59. The standard InChI is InChI=1S/C14H15N5O2S/c1-9(12-7-10-5-3-4-6-11(10)21-12)15-13(20)8-22-14-16-17-18-19(14)2/h3-7,9H,8H2,1-2H3,(H,15,20). The van der Waals surface area contributed by atoms with Crippen LogP contribution in [0.25, 0.3) is 11.0 Å². The Hall–Kier alpha value is -2.35. The summed E-state index contributed by atoms with van der Waals surface area (Å²) in [7, 11) is 1.73. The maximum absolute atomic E-state index is 12.0. The number of aromatic nitrogens is 4. The Bertz CT molecular complexity index is 764. The van der Waals surface area contributed by atoms with Gasteiger partial charge in [0.25, 0.3) is 0 Å². The van der Waals surface area contributed by atoms with Crippen LogP contribution in [0.1, 0.15) is 18.7 Å². The van der Waals surface area contributed by atoms with Gasteiger partial charge < -0.3 is 9.73 Å². The second kappa shape index (κ2) is 6.18. The van der Waals surface area contributed by atoms with Gasteiger partial charge in [0.15, 0.2) is 0 Å².